The molecular formula is C10H10N4O2S. The lowest BCUT2D eigenvalue weighted by molar-refractivity contribution is 0.0692. The molecule has 17 heavy (non-hydrogen) atoms. The highest BCUT2D eigenvalue weighted by Gasteiger charge is 2.14. The van der Waals surface area contributed by atoms with Crippen LogP contribution in [0.15, 0.2) is 28.4 Å². The summed E-state index contributed by atoms with van der Waals surface area (Å²) in [6.45, 7) is 1.87. The van der Waals surface area contributed by atoms with Crippen LogP contribution in [0.3, 0.4) is 0 Å². The zero-order chi connectivity index (χ0) is 12.4. The van der Waals surface area contributed by atoms with E-state index in [9.17, 15) is 4.79 Å². The smallest absolute Gasteiger partial charge is 0.338 e. The van der Waals surface area contributed by atoms with E-state index in [0.717, 1.165) is 10.7 Å². The van der Waals surface area contributed by atoms with Gasteiger partial charge in [-0.3, -0.25) is 4.68 Å². The van der Waals surface area contributed by atoms with Gasteiger partial charge < -0.3 is 5.11 Å². The topological polar surface area (TPSA) is 80.9 Å². The van der Waals surface area contributed by atoms with Crippen molar-refractivity contribution in [1.82, 2.24) is 20.0 Å². The van der Waals surface area contributed by atoms with E-state index in [2.05, 4.69) is 15.3 Å². The Morgan fingerprint density at radius 3 is 2.88 bits per heavy atom. The first-order valence-electron chi connectivity index (χ1n) is 4.81. The molecule has 0 unspecified atom stereocenters. The van der Waals surface area contributed by atoms with Crippen LogP contribution in [0.1, 0.15) is 16.1 Å². The third-order valence-corrected chi connectivity index (χ3v) is 3.16. The predicted molar refractivity (Wildman–Crippen MR) is 61.1 cm³/mol. The van der Waals surface area contributed by atoms with Gasteiger partial charge in [0, 0.05) is 7.05 Å². The van der Waals surface area contributed by atoms with Gasteiger partial charge >= 0.3 is 5.97 Å². The van der Waals surface area contributed by atoms with Gasteiger partial charge in [-0.05, 0) is 30.8 Å². The monoisotopic (exact) mass is 250 g/mol. The highest BCUT2D eigenvalue weighted by molar-refractivity contribution is 7.99. The normalized spacial score (nSPS) is 10.5. The molecule has 0 radical (unpaired) electrons. The molecule has 2 rings (SSSR count). The van der Waals surface area contributed by atoms with Gasteiger partial charge in [0.2, 0.25) is 0 Å². The maximum atomic E-state index is 11.0. The van der Waals surface area contributed by atoms with Crippen molar-refractivity contribution in [3.8, 4) is 0 Å². The predicted octanol–water partition coefficient (Wildman–Crippen LogP) is 1.37. The Hall–Kier alpha value is -1.89. The molecule has 88 valence electrons. The molecule has 0 saturated carbocycles. The van der Waals surface area contributed by atoms with Crippen molar-refractivity contribution in [2.75, 3.05) is 0 Å². The minimum atomic E-state index is -1.01. The van der Waals surface area contributed by atoms with Gasteiger partial charge in [-0.15, -0.1) is 5.10 Å². The molecule has 2 aromatic rings. The summed E-state index contributed by atoms with van der Waals surface area (Å²) in [6, 6.07) is 3.30. The van der Waals surface area contributed by atoms with Gasteiger partial charge in [-0.25, -0.2) is 4.79 Å². The number of carbonyl (C=O) groups is 1. The standard InChI is InChI=1S/C10H10N4O2S/c1-6-5-8(14(2)13-6)17-9-7(10(15)16)3-4-11-12-9/h3-5H,1-2H3,(H,15,16). The van der Waals surface area contributed by atoms with Crippen LogP contribution in [0, 0.1) is 6.92 Å². The number of carboxylic acids is 1. The Balaban J connectivity index is 2.36. The number of hydrogen-bond acceptors (Lipinski definition) is 5. The third-order valence-electron chi connectivity index (χ3n) is 2.08. The Kier molecular flexibility index (Phi) is 3.10. The van der Waals surface area contributed by atoms with Crippen molar-refractivity contribution in [3.63, 3.8) is 0 Å². The van der Waals surface area contributed by atoms with Gasteiger partial charge in [0.25, 0.3) is 0 Å². The zero-order valence-electron chi connectivity index (χ0n) is 9.28. The Morgan fingerprint density at radius 2 is 2.29 bits per heavy atom. The number of rotatable bonds is 3. The van der Waals surface area contributed by atoms with E-state index < -0.39 is 5.97 Å². The summed E-state index contributed by atoms with van der Waals surface area (Å²) in [7, 11) is 1.80. The highest BCUT2D eigenvalue weighted by Crippen LogP contribution is 2.28. The second-order valence-corrected chi connectivity index (χ2v) is 4.41. The van der Waals surface area contributed by atoms with Crippen LogP contribution in [-0.4, -0.2) is 31.1 Å². The van der Waals surface area contributed by atoms with E-state index in [0.29, 0.717) is 5.03 Å². The fraction of sp³-hybridized carbons (Fsp3) is 0.200. The third kappa shape index (κ3) is 2.44. The zero-order valence-corrected chi connectivity index (χ0v) is 10.1. The van der Waals surface area contributed by atoms with Crippen LogP contribution < -0.4 is 0 Å². The number of aromatic carboxylic acids is 1. The molecule has 0 saturated heterocycles. The van der Waals surface area contributed by atoms with Crippen LogP contribution in [0.4, 0.5) is 0 Å². The molecule has 7 heteroatoms. The van der Waals surface area contributed by atoms with Crippen LogP contribution in [-0.2, 0) is 7.05 Å². The van der Waals surface area contributed by atoms with E-state index in [1.165, 1.54) is 24.0 Å². The average Bonchev–Trinajstić information content (AvgIpc) is 2.58. The number of hydrogen-bond donors (Lipinski definition) is 1. The lowest BCUT2D eigenvalue weighted by atomic mass is 10.3. The van der Waals surface area contributed by atoms with Crippen LogP contribution >= 0.6 is 11.8 Å². The average molecular weight is 250 g/mol. The first kappa shape index (κ1) is 11.6. The molecule has 2 aromatic heterocycles. The molecule has 0 spiro atoms. The molecule has 0 fully saturated rings. The summed E-state index contributed by atoms with van der Waals surface area (Å²) in [5.41, 5.74) is 1.01. The molecule has 0 aliphatic rings. The second kappa shape index (κ2) is 4.54. The van der Waals surface area contributed by atoms with Crippen molar-refractivity contribution < 1.29 is 9.90 Å². The van der Waals surface area contributed by atoms with Crippen LogP contribution in [0.25, 0.3) is 0 Å². The highest BCUT2D eigenvalue weighted by atomic mass is 32.2. The molecule has 0 atom stereocenters. The van der Waals surface area contributed by atoms with Crippen molar-refractivity contribution in [1.29, 1.82) is 0 Å². The number of aromatic nitrogens is 4. The summed E-state index contributed by atoms with van der Waals surface area (Å²) in [4.78, 5) is 11.0. The number of carboxylic acid groups (broad SMARTS) is 1. The quantitative estimate of drug-likeness (QED) is 0.886. The lowest BCUT2D eigenvalue weighted by Gasteiger charge is -2.02. The Labute approximate surface area is 102 Å². The van der Waals surface area contributed by atoms with E-state index in [1.807, 2.05) is 13.0 Å². The van der Waals surface area contributed by atoms with Crippen molar-refractivity contribution in [2.24, 2.45) is 7.05 Å². The lowest BCUT2D eigenvalue weighted by Crippen LogP contribution is -2.02. The second-order valence-electron chi connectivity index (χ2n) is 3.40. The van der Waals surface area contributed by atoms with E-state index in [4.69, 9.17) is 5.11 Å². The van der Waals surface area contributed by atoms with Crippen molar-refractivity contribution in [3.05, 3.63) is 29.6 Å². The van der Waals surface area contributed by atoms with Gasteiger partial charge in [-0.1, -0.05) is 0 Å². The van der Waals surface area contributed by atoms with E-state index >= 15 is 0 Å². The summed E-state index contributed by atoms with van der Waals surface area (Å²) in [5, 5.41) is 21.9. The summed E-state index contributed by atoms with van der Waals surface area (Å²) >= 11 is 1.24. The fourth-order valence-electron chi connectivity index (χ4n) is 1.34. The van der Waals surface area contributed by atoms with Crippen LogP contribution in [0.2, 0.25) is 0 Å². The Bertz CT molecular complexity index is 567. The summed E-state index contributed by atoms with van der Waals surface area (Å²) < 4.78 is 1.68. The van der Waals surface area contributed by atoms with Gasteiger partial charge in [0.1, 0.15) is 10.1 Å². The summed E-state index contributed by atoms with van der Waals surface area (Å²) in [5.74, 6) is -1.01. The van der Waals surface area contributed by atoms with Crippen molar-refractivity contribution >= 4 is 17.7 Å². The SMILES string of the molecule is Cc1cc(Sc2nnccc2C(=O)O)n(C)n1. The molecule has 0 aromatic carbocycles. The molecule has 2 heterocycles. The maximum absolute atomic E-state index is 11.0. The minimum Gasteiger partial charge on any atom is -0.478 e. The first-order chi connectivity index (χ1) is 8.08. The van der Waals surface area contributed by atoms with E-state index in [-0.39, 0.29) is 5.56 Å². The minimum absolute atomic E-state index is 0.142. The molecule has 0 amide bonds. The molecular weight excluding hydrogens is 240 g/mol. The maximum Gasteiger partial charge on any atom is 0.338 e. The van der Waals surface area contributed by atoms with Gasteiger partial charge in [0.05, 0.1) is 17.5 Å². The largest absolute Gasteiger partial charge is 0.478 e. The van der Waals surface area contributed by atoms with E-state index in [1.54, 1.807) is 11.7 Å². The first-order valence-corrected chi connectivity index (χ1v) is 5.63. The van der Waals surface area contributed by atoms with Gasteiger partial charge in [0.15, 0.2) is 0 Å². The van der Waals surface area contributed by atoms with Gasteiger partial charge in [-0.2, -0.15) is 10.2 Å². The molecule has 0 aliphatic heterocycles. The fourth-order valence-corrected chi connectivity index (χ4v) is 2.29. The molecule has 0 bridgehead atoms. The molecule has 6 nitrogen and oxygen atoms in total. The Morgan fingerprint density at radius 1 is 1.53 bits per heavy atom. The molecule has 0 aliphatic carbocycles. The molecule has 1 N–H and O–H groups in total. The van der Waals surface area contributed by atoms with Crippen molar-refractivity contribution in [2.45, 2.75) is 17.0 Å². The number of nitrogens with zero attached hydrogens (tertiary/aromatic N) is 4. The number of aryl methyl sites for hydroxylation is 2. The summed E-state index contributed by atoms with van der Waals surface area (Å²) in [6.07, 6.45) is 1.36. The van der Waals surface area contributed by atoms with Crippen LogP contribution in [0.5, 0.6) is 0 Å².